The van der Waals surface area contributed by atoms with Crippen molar-refractivity contribution in [3.8, 4) is 0 Å². The highest BCUT2D eigenvalue weighted by atomic mass is 28.4. The van der Waals surface area contributed by atoms with Crippen molar-refractivity contribution < 1.29 is 14.0 Å². The van der Waals surface area contributed by atoms with Gasteiger partial charge in [0.25, 0.3) is 0 Å². The van der Waals surface area contributed by atoms with Gasteiger partial charge in [0.05, 0.1) is 0 Å². The van der Waals surface area contributed by atoms with E-state index >= 15 is 0 Å². The Hall–Kier alpha value is -0.396. The predicted octanol–water partition coefficient (Wildman–Crippen LogP) is 3.64. The van der Waals surface area contributed by atoms with Crippen LogP contribution in [0.1, 0.15) is 27.2 Å². The fourth-order valence-electron chi connectivity index (χ4n) is 1.78. The second-order valence-electron chi connectivity index (χ2n) is 6.92. The average Bonchev–Trinajstić information content (AvgIpc) is 2.06. The van der Waals surface area contributed by atoms with Crippen LogP contribution in [-0.4, -0.2) is 28.4 Å². The molecule has 0 spiro atoms. The van der Waals surface area contributed by atoms with E-state index in [1.807, 2.05) is 26.8 Å². The zero-order chi connectivity index (χ0) is 14.6. The third-order valence-corrected chi connectivity index (χ3v) is 7.80. The Labute approximate surface area is 114 Å². The van der Waals surface area contributed by atoms with Gasteiger partial charge in [0.2, 0.25) is 0 Å². The lowest BCUT2D eigenvalue weighted by Crippen LogP contribution is -2.33. The molecule has 0 aliphatic carbocycles. The molecular weight excluding hydrogens is 260 g/mol. The molecule has 5 heteroatoms. The largest absolute Gasteiger partial charge is 0.478 e. The molecule has 0 fully saturated rings. The van der Waals surface area contributed by atoms with Gasteiger partial charge in [0.1, 0.15) is 0 Å². The highest BCUT2D eigenvalue weighted by Crippen LogP contribution is 2.21. The summed E-state index contributed by atoms with van der Waals surface area (Å²) < 4.78 is 6.06. The minimum atomic E-state index is -1.47. The summed E-state index contributed by atoms with van der Waals surface area (Å²) in [5.74, 6) is -0.792. The van der Waals surface area contributed by atoms with Gasteiger partial charge in [-0.15, -0.1) is 0 Å². The highest BCUT2D eigenvalue weighted by Gasteiger charge is 2.20. The normalized spacial score (nSPS) is 15.6. The third-order valence-electron chi connectivity index (χ3n) is 2.26. The predicted molar refractivity (Wildman–Crippen MR) is 82.0 cm³/mol. The first-order chi connectivity index (χ1) is 7.91. The van der Waals surface area contributed by atoms with E-state index in [-0.39, 0.29) is 5.41 Å². The number of hydrogen-bond donors (Lipinski definition) is 1. The van der Waals surface area contributed by atoms with Crippen LogP contribution in [0.2, 0.25) is 32.2 Å². The quantitative estimate of drug-likeness (QED) is 0.599. The second-order valence-corrected chi connectivity index (χ2v) is 14.3. The van der Waals surface area contributed by atoms with Gasteiger partial charge in [-0.3, -0.25) is 0 Å². The SMILES string of the molecule is C[SiH](CCC(=CC(C)(C)C)C(=O)O)O[Si](C)(C)C. The van der Waals surface area contributed by atoms with E-state index in [1.54, 1.807) is 0 Å². The Morgan fingerprint density at radius 2 is 1.83 bits per heavy atom. The summed E-state index contributed by atoms with van der Waals surface area (Å²) in [5.41, 5.74) is 0.444. The smallest absolute Gasteiger partial charge is 0.331 e. The number of allylic oxidation sites excluding steroid dienone is 1. The van der Waals surface area contributed by atoms with E-state index in [0.717, 1.165) is 6.04 Å². The molecule has 0 saturated heterocycles. The summed E-state index contributed by atoms with van der Waals surface area (Å²) in [5, 5.41) is 9.20. The molecule has 0 heterocycles. The van der Waals surface area contributed by atoms with Crippen LogP contribution >= 0.6 is 0 Å². The highest BCUT2D eigenvalue weighted by molar-refractivity contribution is 6.77. The Kier molecular flexibility index (Phi) is 6.53. The van der Waals surface area contributed by atoms with Gasteiger partial charge in [-0.05, 0) is 44.1 Å². The molecule has 18 heavy (non-hydrogen) atoms. The number of hydrogen-bond acceptors (Lipinski definition) is 2. The molecule has 1 N–H and O–H groups in total. The van der Waals surface area contributed by atoms with Crippen LogP contribution in [0.3, 0.4) is 0 Å². The summed E-state index contributed by atoms with van der Waals surface area (Å²) in [7, 11) is -2.71. The van der Waals surface area contributed by atoms with E-state index < -0.39 is 23.3 Å². The molecule has 0 rings (SSSR count). The van der Waals surface area contributed by atoms with Gasteiger partial charge in [-0.1, -0.05) is 26.8 Å². The van der Waals surface area contributed by atoms with Crippen molar-refractivity contribution >= 4 is 23.3 Å². The van der Waals surface area contributed by atoms with Gasteiger partial charge < -0.3 is 9.22 Å². The zero-order valence-corrected chi connectivity index (χ0v) is 15.0. The molecule has 106 valence electrons. The summed E-state index contributed by atoms with van der Waals surface area (Å²) in [6.07, 6.45) is 2.50. The van der Waals surface area contributed by atoms with Crippen LogP contribution in [0.4, 0.5) is 0 Å². The van der Waals surface area contributed by atoms with Crippen LogP contribution in [0, 0.1) is 5.41 Å². The number of aliphatic carboxylic acids is 1. The minimum Gasteiger partial charge on any atom is -0.478 e. The van der Waals surface area contributed by atoms with E-state index in [4.69, 9.17) is 4.12 Å². The Balaban J connectivity index is 4.48. The van der Waals surface area contributed by atoms with Gasteiger partial charge in [-0.2, -0.15) is 0 Å². The van der Waals surface area contributed by atoms with Crippen molar-refractivity contribution in [3.63, 3.8) is 0 Å². The lowest BCUT2D eigenvalue weighted by Gasteiger charge is -2.23. The lowest BCUT2D eigenvalue weighted by atomic mass is 9.93. The molecule has 3 nitrogen and oxygen atoms in total. The number of rotatable bonds is 6. The molecule has 0 aromatic heterocycles. The monoisotopic (exact) mass is 288 g/mol. The number of carbonyl (C=O) groups is 1. The summed E-state index contributed by atoms with van der Waals surface area (Å²) in [6, 6.07) is 0.901. The van der Waals surface area contributed by atoms with Crippen LogP contribution in [0.5, 0.6) is 0 Å². The molecule has 0 amide bonds. The van der Waals surface area contributed by atoms with Crippen LogP contribution < -0.4 is 0 Å². The van der Waals surface area contributed by atoms with Crippen LogP contribution in [-0.2, 0) is 8.91 Å². The Bertz CT molecular complexity index is 311. The van der Waals surface area contributed by atoms with E-state index in [2.05, 4.69) is 26.2 Å². The molecule has 0 aromatic carbocycles. The zero-order valence-electron chi connectivity index (χ0n) is 12.8. The first kappa shape index (κ1) is 17.6. The van der Waals surface area contributed by atoms with E-state index in [1.165, 1.54) is 0 Å². The number of carboxylic acid groups (broad SMARTS) is 1. The fraction of sp³-hybridized carbons (Fsp3) is 0.769. The second kappa shape index (κ2) is 6.68. The lowest BCUT2D eigenvalue weighted by molar-refractivity contribution is -0.132. The summed E-state index contributed by atoms with van der Waals surface area (Å²) in [4.78, 5) is 11.2. The van der Waals surface area contributed by atoms with Crippen molar-refractivity contribution in [1.29, 1.82) is 0 Å². The standard InChI is InChI=1S/C13H28O3Si2/c1-13(2,3)10-11(12(14)15)8-9-17(4)16-18(5,6)7/h10,17H,8-9H2,1-7H3,(H,14,15). The van der Waals surface area contributed by atoms with Gasteiger partial charge in [0.15, 0.2) is 17.4 Å². The molecule has 0 bridgehead atoms. The Morgan fingerprint density at radius 1 is 1.33 bits per heavy atom. The fourth-order valence-corrected chi connectivity index (χ4v) is 7.80. The van der Waals surface area contributed by atoms with Crippen LogP contribution in [0.15, 0.2) is 11.6 Å². The van der Waals surface area contributed by atoms with Gasteiger partial charge in [0, 0.05) is 5.57 Å². The minimum absolute atomic E-state index is 0.0852. The molecule has 0 saturated carbocycles. The topological polar surface area (TPSA) is 46.5 Å². The van der Waals surface area contributed by atoms with E-state index in [0.29, 0.717) is 12.0 Å². The molecule has 0 aliphatic heterocycles. The molecular formula is C13H28O3Si2. The molecule has 1 atom stereocenters. The molecule has 0 aromatic rings. The van der Waals surface area contributed by atoms with Crippen LogP contribution in [0.25, 0.3) is 0 Å². The number of carboxylic acids is 1. The molecule has 0 aliphatic rings. The summed E-state index contributed by atoms with van der Waals surface area (Å²) >= 11 is 0. The van der Waals surface area contributed by atoms with Crippen molar-refractivity contribution in [3.05, 3.63) is 11.6 Å². The third kappa shape index (κ3) is 9.62. The first-order valence-corrected chi connectivity index (χ1v) is 12.4. The van der Waals surface area contributed by atoms with Crippen molar-refractivity contribution in [1.82, 2.24) is 0 Å². The maximum atomic E-state index is 11.2. The maximum Gasteiger partial charge on any atom is 0.331 e. The summed E-state index contributed by atoms with van der Waals surface area (Å²) in [6.45, 7) is 14.8. The Morgan fingerprint density at radius 3 is 2.17 bits per heavy atom. The molecule has 0 radical (unpaired) electrons. The molecule has 1 unspecified atom stereocenters. The van der Waals surface area contributed by atoms with Crippen molar-refractivity contribution in [2.45, 2.75) is 59.4 Å². The first-order valence-electron chi connectivity index (χ1n) is 6.53. The van der Waals surface area contributed by atoms with E-state index in [9.17, 15) is 9.90 Å². The van der Waals surface area contributed by atoms with Gasteiger partial charge >= 0.3 is 5.97 Å². The van der Waals surface area contributed by atoms with Crippen molar-refractivity contribution in [2.24, 2.45) is 5.41 Å². The average molecular weight is 289 g/mol. The maximum absolute atomic E-state index is 11.2. The van der Waals surface area contributed by atoms with Crippen molar-refractivity contribution in [2.75, 3.05) is 0 Å². The van der Waals surface area contributed by atoms with Gasteiger partial charge in [-0.25, -0.2) is 4.79 Å².